The molecule has 7 heteroatoms. The van der Waals surface area contributed by atoms with Gasteiger partial charge in [-0.2, -0.15) is 0 Å². The lowest BCUT2D eigenvalue weighted by Crippen LogP contribution is -2.64. The van der Waals surface area contributed by atoms with E-state index in [1.165, 1.54) is 0 Å². The SMILES string of the molecule is CCC1(CC)[C@@H](NC(=O)c2cn(C3CCNCC3)nn2)C[C@@H]1OC. The number of carbonyl (C=O) groups is 1. The molecule has 0 radical (unpaired) electrons. The third kappa shape index (κ3) is 2.95. The number of carbonyl (C=O) groups excluding carboxylic acids is 1. The molecule has 2 N–H and O–H groups in total. The van der Waals surface area contributed by atoms with Crippen LogP contribution in [-0.2, 0) is 4.74 Å². The van der Waals surface area contributed by atoms with Gasteiger partial charge in [0.2, 0.25) is 0 Å². The average molecular weight is 335 g/mol. The number of nitrogens with zero attached hydrogens (tertiary/aromatic N) is 3. The van der Waals surface area contributed by atoms with Crippen molar-refractivity contribution in [3.8, 4) is 0 Å². The summed E-state index contributed by atoms with van der Waals surface area (Å²) in [7, 11) is 1.76. The lowest BCUT2D eigenvalue weighted by Gasteiger charge is -2.55. The van der Waals surface area contributed by atoms with E-state index in [2.05, 4.69) is 34.8 Å². The highest BCUT2D eigenvalue weighted by Gasteiger charge is 2.53. The largest absolute Gasteiger partial charge is 0.381 e. The van der Waals surface area contributed by atoms with E-state index >= 15 is 0 Å². The van der Waals surface area contributed by atoms with Gasteiger partial charge >= 0.3 is 0 Å². The molecule has 2 aliphatic rings. The molecule has 134 valence electrons. The first-order chi connectivity index (χ1) is 11.6. The van der Waals surface area contributed by atoms with Gasteiger partial charge in [0.25, 0.3) is 5.91 Å². The van der Waals surface area contributed by atoms with Crippen molar-refractivity contribution in [2.75, 3.05) is 20.2 Å². The van der Waals surface area contributed by atoms with Crippen LogP contribution in [0.15, 0.2) is 6.20 Å². The molecule has 2 fully saturated rings. The molecule has 1 aromatic rings. The summed E-state index contributed by atoms with van der Waals surface area (Å²) in [5.74, 6) is -0.124. The van der Waals surface area contributed by atoms with E-state index in [-0.39, 0.29) is 23.5 Å². The van der Waals surface area contributed by atoms with Crippen molar-refractivity contribution < 1.29 is 9.53 Å². The van der Waals surface area contributed by atoms with Gasteiger partial charge in [-0.3, -0.25) is 4.79 Å². The van der Waals surface area contributed by atoms with Crippen LogP contribution in [0.2, 0.25) is 0 Å². The topological polar surface area (TPSA) is 81.1 Å². The highest BCUT2D eigenvalue weighted by molar-refractivity contribution is 5.92. The fourth-order valence-corrected chi connectivity index (χ4v) is 4.34. The summed E-state index contributed by atoms with van der Waals surface area (Å²) >= 11 is 0. The standard InChI is InChI=1S/C17H29N5O2/c1-4-17(5-2)14(10-15(17)24-3)19-16(23)13-11-22(21-20-13)12-6-8-18-9-7-12/h11-12,14-15,18H,4-10H2,1-3H3,(H,19,23)/t14-,15-/m0/s1. The van der Waals surface area contributed by atoms with Gasteiger partial charge in [0.05, 0.1) is 18.3 Å². The molecule has 1 aromatic heterocycles. The Morgan fingerprint density at radius 1 is 1.42 bits per heavy atom. The smallest absolute Gasteiger partial charge is 0.273 e. The van der Waals surface area contributed by atoms with Crippen molar-refractivity contribution in [2.24, 2.45) is 5.41 Å². The molecule has 3 rings (SSSR count). The Hall–Kier alpha value is -1.47. The molecule has 7 nitrogen and oxygen atoms in total. The maximum atomic E-state index is 12.6. The number of hydrogen-bond acceptors (Lipinski definition) is 5. The number of piperidine rings is 1. The zero-order valence-corrected chi connectivity index (χ0v) is 14.9. The third-order valence-electron chi connectivity index (χ3n) is 6.12. The Morgan fingerprint density at radius 2 is 2.12 bits per heavy atom. The molecule has 0 spiro atoms. The van der Waals surface area contributed by atoms with Crippen LogP contribution < -0.4 is 10.6 Å². The molecular formula is C17H29N5O2. The van der Waals surface area contributed by atoms with E-state index in [1.807, 2.05) is 4.68 Å². The fraction of sp³-hybridized carbons (Fsp3) is 0.824. The molecule has 0 bridgehead atoms. The fourth-order valence-electron chi connectivity index (χ4n) is 4.34. The first kappa shape index (κ1) is 17.4. The lowest BCUT2D eigenvalue weighted by molar-refractivity contribution is -0.120. The molecule has 1 amide bonds. The van der Waals surface area contributed by atoms with E-state index in [0.29, 0.717) is 11.7 Å². The van der Waals surface area contributed by atoms with Crippen LogP contribution in [0.3, 0.4) is 0 Å². The molecular weight excluding hydrogens is 306 g/mol. The average Bonchev–Trinajstić information content (AvgIpc) is 3.10. The summed E-state index contributed by atoms with van der Waals surface area (Å²) in [6, 6.07) is 0.487. The van der Waals surface area contributed by atoms with Crippen molar-refractivity contribution in [3.63, 3.8) is 0 Å². The van der Waals surface area contributed by atoms with Crippen LogP contribution >= 0.6 is 0 Å². The number of ether oxygens (including phenoxy) is 1. The summed E-state index contributed by atoms with van der Waals surface area (Å²) < 4.78 is 7.44. The van der Waals surface area contributed by atoms with Crippen LogP contribution in [0, 0.1) is 5.41 Å². The molecule has 1 saturated heterocycles. The van der Waals surface area contributed by atoms with Gasteiger partial charge in [0.1, 0.15) is 0 Å². The Kier molecular flexibility index (Phi) is 5.20. The Balaban J connectivity index is 1.64. The van der Waals surface area contributed by atoms with E-state index < -0.39 is 0 Å². The van der Waals surface area contributed by atoms with Gasteiger partial charge in [-0.25, -0.2) is 4.68 Å². The summed E-state index contributed by atoms with van der Waals surface area (Å²) in [5.41, 5.74) is 0.450. The lowest BCUT2D eigenvalue weighted by atomic mass is 9.58. The molecule has 2 heterocycles. The maximum absolute atomic E-state index is 12.6. The van der Waals surface area contributed by atoms with Gasteiger partial charge in [0.15, 0.2) is 5.69 Å². The van der Waals surface area contributed by atoms with E-state index in [9.17, 15) is 4.79 Å². The van der Waals surface area contributed by atoms with Crippen LogP contribution in [0.5, 0.6) is 0 Å². The number of methoxy groups -OCH3 is 1. The zero-order chi connectivity index (χ0) is 17.2. The molecule has 0 unspecified atom stereocenters. The van der Waals surface area contributed by atoms with Crippen molar-refractivity contribution in [2.45, 2.75) is 64.1 Å². The summed E-state index contributed by atoms with van der Waals surface area (Å²) in [4.78, 5) is 12.6. The highest BCUT2D eigenvalue weighted by Crippen LogP contribution is 2.48. The monoisotopic (exact) mass is 335 g/mol. The van der Waals surface area contributed by atoms with Gasteiger partial charge in [-0.1, -0.05) is 19.1 Å². The van der Waals surface area contributed by atoms with E-state index in [4.69, 9.17) is 4.74 Å². The Morgan fingerprint density at radius 3 is 2.75 bits per heavy atom. The second-order valence-electron chi connectivity index (χ2n) is 6.99. The third-order valence-corrected chi connectivity index (χ3v) is 6.12. The van der Waals surface area contributed by atoms with E-state index in [0.717, 1.165) is 45.2 Å². The Bertz CT molecular complexity index is 563. The summed E-state index contributed by atoms with van der Waals surface area (Å²) in [5, 5.41) is 14.8. The first-order valence-electron chi connectivity index (χ1n) is 9.10. The van der Waals surface area contributed by atoms with Crippen molar-refractivity contribution in [1.29, 1.82) is 0 Å². The predicted octanol–water partition coefficient (Wildman–Crippen LogP) is 1.53. The van der Waals surface area contributed by atoms with Crippen molar-refractivity contribution in [3.05, 3.63) is 11.9 Å². The van der Waals surface area contributed by atoms with Gasteiger partial charge in [0, 0.05) is 18.6 Å². The number of rotatable bonds is 6. The minimum atomic E-state index is -0.124. The highest BCUT2D eigenvalue weighted by atomic mass is 16.5. The number of aromatic nitrogens is 3. The number of hydrogen-bond donors (Lipinski definition) is 2. The molecule has 2 atom stereocenters. The summed E-state index contributed by atoms with van der Waals surface area (Å²) in [6.07, 6.45) is 6.92. The maximum Gasteiger partial charge on any atom is 0.273 e. The summed E-state index contributed by atoms with van der Waals surface area (Å²) in [6.45, 7) is 6.31. The minimum Gasteiger partial charge on any atom is -0.381 e. The van der Waals surface area contributed by atoms with E-state index in [1.54, 1.807) is 13.3 Å². The van der Waals surface area contributed by atoms with Crippen LogP contribution in [0.4, 0.5) is 0 Å². The number of amides is 1. The molecule has 1 aliphatic heterocycles. The van der Waals surface area contributed by atoms with Crippen LogP contribution in [0.1, 0.15) is 62.5 Å². The quantitative estimate of drug-likeness (QED) is 0.824. The normalized spacial score (nSPS) is 26.8. The van der Waals surface area contributed by atoms with Gasteiger partial charge < -0.3 is 15.4 Å². The Labute approximate surface area is 143 Å². The predicted molar refractivity (Wildman–Crippen MR) is 90.8 cm³/mol. The van der Waals surface area contributed by atoms with Crippen LogP contribution in [0.25, 0.3) is 0 Å². The minimum absolute atomic E-state index is 0.0371. The number of nitrogens with one attached hydrogen (secondary N) is 2. The zero-order valence-electron chi connectivity index (χ0n) is 14.9. The van der Waals surface area contributed by atoms with Crippen molar-refractivity contribution in [1.82, 2.24) is 25.6 Å². The molecule has 1 saturated carbocycles. The van der Waals surface area contributed by atoms with Crippen molar-refractivity contribution >= 4 is 5.91 Å². The van der Waals surface area contributed by atoms with Gasteiger partial charge in [-0.05, 0) is 45.2 Å². The molecule has 1 aliphatic carbocycles. The van der Waals surface area contributed by atoms with Gasteiger partial charge in [-0.15, -0.1) is 5.10 Å². The second kappa shape index (κ2) is 7.19. The second-order valence-corrected chi connectivity index (χ2v) is 6.99. The van der Waals surface area contributed by atoms with Crippen LogP contribution in [-0.4, -0.2) is 53.2 Å². The molecule has 0 aromatic carbocycles. The molecule has 24 heavy (non-hydrogen) atoms. The first-order valence-corrected chi connectivity index (χ1v) is 9.10.